The number of hydrogen-bond donors (Lipinski definition) is 4. The molecule has 1 heterocycles. The molecule has 17 heavy (non-hydrogen) atoms. The van der Waals surface area contributed by atoms with Crippen molar-refractivity contribution in [1.29, 1.82) is 0 Å². The first-order valence-electron chi connectivity index (χ1n) is 5.03. The lowest BCUT2D eigenvalue weighted by atomic mass is 10.2. The van der Waals surface area contributed by atoms with Crippen LogP contribution in [-0.4, -0.2) is 41.4 Å². The third kappa shape index (κ3) is 5.32. The van der Waals surface area contributed by atoms with Crippen molar-refractivity contribution in [3.63, 3.8) is 0 Å². The SMILES string of the molecule is O=C(NCCc1ccsc1)NC[C@H](O)C(=O)O. The summed E-state index contributed by atoms with van der Waals surface area (Å²) in [7, 11) is 0. The van der Waals surface area contributed by atoms with E-state index < -0.39 is 18.1 Å². The Bertz CT molecular complexity index is 366. The molecule has 0 saturated heterocycles. The number of nitrogens with one attached hydrogen (secondary N) is 2. The monoisotopic (exact) mass is 258 g/mol. The number of thiophene rings is 1. The van der Waals surface area contributed by atoms with Gasteiger partial charge in [0.1, 0.15) is 0 Å². The van der Waals surface area contributed by atoms with Crippen LogP contribution in [-0.2, 0) is 11.2 Å². The van der Waals surface area contributed by atoms with Crippen LogP contribution in [0.2, 0.25) is 0 Å². The molecule has 0 aliphatic heterocycles. The number of aliphatic hydroxyl groups is 1. The third-order valence-corrected chi connectivity index (χ3v) is 2.75. The number of aliphatic hydroxyl groups excluding tert-OH is 1. The summed E-state index contributed by atoms with van der Waals surface area (Å²) in [5.74, 6) is -1.36. The van der Waals surface area contributed by atoms with E-state index in [2.05, 4.69) is 10.6 Å². The Labute approximate surface area is 102 Å². The second-order valence-electron chi connectivity index (χ2n) is 3.37. The van der Waals surface area contributed by atoms with Crippen molar-refractivity contribution in [3.05, 3.63) is 22.4 Å². The summed E-state index contributed by atoms with van der Waals surface area (Å²) in [6, 6.07) is 1.49. The quantitative estimate of drug-likeness (QED) is 0.579. The summed E-state index contributed by atoms with van der Waals surface area (Å²) in [6.07, 6.45) is -0.851. The van der Waals surface area contributed by atoms with Crippen LogP contribution >= 0.6 is 11.3 Å². The van der Waals surface area contributed by atoms with Crippen LogP contribution in [0.3, 0.4) is 0 Å². The Morgan fingerprint density at radius 2 is 2.18 bits per heavy atom. The van der Waals surface area contributed by atoms with Gasteiger partial charge in [-0.15, -0.1) is 0 Å². The summed E-state index contributed by atoms with van der Waals surface area (Å²) >= 11 is 1.59. The van der Waals surface area contributed by atoms with Crippen LogP contribution in [0.5, 0.6) is 0 Å². The molecule has 0 radical (unpaired) electrons. The Hall–Kier alpha value is -1.60. The van der Waals surface area contributed by atoms with Gasteiger partial charge in [0.05, 0.1) is 6.54 Å². The number of carboxylic acid groups (broad SMARTS) is 1. The molecule has 0 unspecified atom stereocenters. The molecule has 1 aromatic heterocycles. The molecule has 0 aliphatic rings. The van der Waals surface area contributed by atoms with Crippen molar-refractivity contribution in [2.75, 3.05) is 13.1 Å². The molecule has 1 rings (SSSR count). The van der Waals surface area contributed by atoms with Crippen LogP contribution in [0.25, 0.3) is 0 Å². The van der Waals surface area contributed by atoms with Crippen LogP contribution in [0, 0.1) is 0 Å². The number of aliphatic carboxylic acids is 1. The van der Waals surface area contributed by atoms with Crippen LogP contribution in [0.4, 0.5) is 4.79 Å². The number of carbonyl (C=O) groups excluding carboxylic acids is 1. The number of rotatable bonds is 6. The first-order valence-corrected chi connectivity index (χ1v) is 5.97. The van der Waals surface area contributed by atoms with Gasteiger partial charge < -0.3 is 20.8 Å². The zero-order valence-corrected chi connectivity index (χ0v) is 9.87. The normalized spacial score (nSPS) is 11.8. The first-order chi connectivity index (χ1) is 8.09. The van der Waals surface area contributed by atoms with Crippen LogP contribution < -0.4 is 10.6 Å². The molecule has 0 spiro atoms. The molecule has 1 aromatic rings. The largest absolute Gasteiger partial charge is 0.479 e. The van der Waals surface area contributed by atoms with Crippen molar-refractivity contribution in [2.24, 2.45) is 0 Å². The van der Waals surface area contributed by atoms with Crippen molar-refractivity contribution >= 4 is 23.3 Å². The van der Waals surface area contributed by atoms with Gasteiger partial charge in [0.2, 0.25) is 0 Å². The van der Waals surface area contributed by atoms with Gasteiger partial charge in [0.25, 0.3) is 0 Å². The highest BCUT2D eigenvalue weighted by atomic mass is 32.1. The van der Waals surface area contributed by atoms with E-state index in [0.717, 1.165) is 12.0 Å². The van der Waals surface area contributed by atoms with Gasteiger partial charge >= 0.3 is 12.0 Å². The van der Waals surface area contributed by atoms with E-state index in [1.165, 1.54) is 0 Å². The van der Waals surface area contributed by atoms with E-state index in [4.69, 9.17) is 10.2 Å². The minimum absolute atomic E-state index is 0.306. The number of urea groups is 1. The molecular formula is C10H14N2O4S. The van der Waals surface area contributed by atoms with Gasteiger partial charge in [-0.2, -0.15) is 11.3 Å². The van der Waals surface area contributed by atoms with Gasteiger partial charge in [-0.25, -0.2) is 9.59 Å². The van der Waals surface area contributed by atoms with Crippen LogP contribution in [0.15, 0.2) is 16.8 Å². The minimum atomic E-state index is -1.57. The Morgan fingerprint density at radius 1 is 1.41 bits per heavy atom. The molecule has 94 valence electrons. The summed E-state index contributed by atoms with van der Waals surface area (Å²) in [5, 5.41) is 26.1. The average Bonchev–Trinajstić information content (AvgIpc) is 2.78. The average molecular weight is 258 g/mol. The third-order valence-electron chi connectivity index (χ3n) is 2.02. The molecule has 0 fully saturated rings. The predicted molar refractivity (Wildman–Crippen MR) is 63.1 cm³/mol. The van der Waals surface area contributed by atoms with Gasteiger partial charge in [-0.3, -0.25) is 0 Å². The molecule has 1 atom stereocenters. The van der Waals surface area contributed by atoms with E-state index in [9.17, 15) is 9.59 Å². The van der Waals surface area contributed by atoms with Crippen molar-refractivity contribution in [1.82, 2.24) is 10.6 Å². The fourth-order valence-electron chi connectivity index (χ4n) is 1.09. The number of carboxylic acids is 1. The second-order valence-corrected chi connectivity index (χ2v) is 4.15. The van der Waals surface area contributed by atoms with E-state index >= 15 is 0 Å². The topological polar surface area (TPSA) is 98.7 Å². The molecule has 0 bridgehead atoms. The lowest BCUT2D eigenvalue weighted by Gasteiger charge is -2.08. The summed E-state index contributed by atoms with van der Waals surface area (Å²) in [6.45, 7) is 0.158. The summed E-state index contributed by atoms with van der Waals surface area (Å²) in [4.78, 5) is 21.4. The Kier molecular flexibility index (Phi) is 5.44. The molecule has 6 nitrogen and oxygen atoms in total. The maximum atomic E-state index is 11.2. The highest BCUT2D eigenvalue weighted by Crippen LogP contribution is 2.05. The number of carbonyl (C=O) groups is 2. The predicted octanol–water partition coefficient (Wildman–Crippen LogP) is 0.0353. The second kappa shape index (κ2) is 6.87. The fourth-order valence-corrected chi connectivity index (χ4v) is 1.80. The molecule has 4 N–H and O–H groups in total. The standard InChI is InChI=1S/C10H14N2O4S/c13-8(9(14)15)5-12-10(16)11-3-1-7-2-4-17-6-7/h2,4,6,8,13H,1,3,5H2,(H,14,15)(H2,11,12,16)/t8-/m0/s1. The van der Waals surface area contributed by atoms with Gasteiger partial charge in [0.15, 0.2) is 6.10 Å². The molecule has 7 heteroatoms. The Balaban J connectivity index is 2.11. The molecule has 0 aliphatic carbocycles. The molecular weight excluding hydrogens is 244 g/mol. The van der Waals surface area contributed by atoms with Crippen molar-refractivity contribution in [3.8, 4) is 0 Å². The highest BCUT2D eigenvalue weighted by Gasteiger charge is 2.13. The zero-order chi connectivity index (χ0) is 12.7. The van der Waals surface area contributed by atoms with Gasteiger partial charge in [0, 0.05) is 6.54 Å². The van der Waals surface area contributed by atoms with Crippen LogP contribution in [0.1, 0.15) is 5.56 Å². The summed E-state index contributed by atoms with van der Waals surface area (Å²) < 4.78 is 0. The van der Waals surface area contributed by atoms with E-state index in [1.54, 1.807) is 11.3 Å². The van der Waals surface area contributed by atoms with E-state index in [-0.39, 0.29) is 6.54 Å². The lowest BCUT2D eigenvalue weighted by molar-refractivity contribution is -0.146. The fraction of sp³-hybridized carbons (Fsp3) is 0.400. The van der Waals surface area contributed by atoms with Crippen molar-refractivity contribution < 1.29 is 19.8 Å². The number of hydrogen-bond acceptors (Lipinski definition) is 4. The highest BCUT2D eigenvalue weighted by molar-refractivity contribution is 7.07. The zero-order valence-electron chi connectivity index (χ0n) is 9.05. The maximum absolute atomic E-state index is 11.2. The molecule has 0 saturated carbocycles. The lowest BCUT2D eigenvalue weighted by Crippen LogP contribution is -2.42. The molecule has 2 amide bonds. The Morgan fingerprint density at radius 3 is 2.76 bits per heavy atom. The van der Waals surface area contributed by atoms with E-state index in [0.29, 0.717) is 6.54 Å². The smallest absolute Gasteiger partial charge is 0.334 e. The number of amides is 2. The van der Waals surface area contributed by atoms with Gasteiger partial charge in [-0.05, 0) is 28.8 Å². The molecule has 0 aromatic carbocycles. The first kappa shape index (κ1) is 13.5. The minimum Gasteiger partial charge on any atom is -0.479 e. The maximum Gasteiger partial charge on any atom is 0.334 e. The summed E-state index contributed by atoms with van der Waals surface area (Å²) in [5.41, 5.74) is 1.14. The van der Waals surface area contributed by atoms with Crippen molar-refractivity contribution in [2.45, 2.75) is 12.5 Å². The van der Waals surface area contributed by atoms with E-state index in [1.807, 2.05) is 16.8 Å². The van der Waals surface area contributed by atoms with Gasteiger partial charge in [-0.1, -0.05) is 0 Å².